The zero-order chi connectivity index (χ0) is 15.7. The summed E-state index contributed by atoms with van der Waals surface area (Å²) >= 11 is 0.552. The van der Waals surface area contributed by atoms with Crippen molar-refractivity contribution >= 4 is 11.3 Å². The van der Waals surface area contributed by atoms with Crippen molar-refractivity contribution in [3.05, 3.63) is 16.1 Å². The molecule has 0 radical (unpaired) electrons. The van der Waals surface area contributed by atoms with E-state index < -0.39 is 22.8 Å². The first-order valence-corrected chi connectivity index (χ1v) is 7.97. The Labute approximate surface area is 126 Å². The van der Waals surface area contributed by atoms with Gasteiger partial charge in [-0.05, 0) is 26.9 Å². The van der Waals surface area contributed by atoms with Crippen LogP contribution in [-0.2, 0) is 6.18 Å². The Balaban J connectivity index is 2.30. The Morgan fingerprint density at radius 3 is 2.24 bits per heavy atom. The molecule has 0 spiro atoms. The van der Waals surface area contributed by atoms with Crippen molar-refractivity contribution in [3.63, 3.8) is 0 Å². The number of thiazole rings is 1. The number of hydrogen-bond acceptors (Lipinski definition) is 4. The van der Waals surface area contributed by atoms with Crippen molar-refractivity contribution in [1.82, 2.24) is 9.88 Å². The predicted octanol–water partition coefficient (Wildman–Crippen LogP) is 3.85. The molecule has 120 valence electrons. The van der Waals surface area contributed by atoms with E-state index in [1.807, 2.05) is 19.0 Å². The van der Waals surface area contributed by atoms with Crippen LogP contribution in [0.4, 0.5) is 13.2 Å². The number of nitrogens with zero attached hydrogens (tertiary/aromatic N) is 2. The van der Waals surface area contributed by atoms with Crippen LogP contribution in [0.25, 0.3) is 0 Å². The van der Waals surface area contributed by atoms with Crippen molar-refractivity contribution in [2.45, 2.75) is 56.3 Å². The summed E-state index contributed by atoms with van der Waals surface area (Å²) in [6.07, 6.45) is 1.57. The number of rotatable bonds is 3. The van der Waals surface area contributed by atoms with E-state index in [-0.39, 0.29) is 0 Å². The highest BCUT2D eigenvalue weighted by Gasteiger charge is 2.43. The lowest BCUT2D eigenvalue weighted by atomic mass is 9.82. The maximum absolute atomic E-state index is 12.7. The van der Waals surface area contributed by atoms with Gasteiger partial charge in [-0.15, -0.1) is 11.3 Å². The predicted molar refractivity (Wildman–Crippen MR) is 76.2 cm³/mol. The summed E-state index contributed by atoms with van der Waals surface area (Å²) in [4.78, 5) is 5.70. The molecule has 1 aliphatic carbocycles. The fraction of sp³-hybridized carbons (Fsp3) is 0.786. The highest BCUT2D eigenvalue weighted by molar-refractivity contribution is 7.11. The molecule has 0 bridgehead atoms. The summed E-state index contributed by atoms with van der Waals surface area (Å²) in [5, 5.41) is 9.84. The van der Waals surface area contributed by atoms with Crippen LogP contribution in [0, 0.1) is 0 Å². The normalized spacial score (nSPS) is 21.3. The van der Waals surface area contributed by atoms with E-state index in [0.717, 1.165) is 38.5 Å². The van der Waals surface area contributed by atoms with Gasteiger partial charge >= 0.3 is 6.18 Å². The molecule has 1 N–H and O–H groups in total. The average Bonchev–Trinajstić information content (AvgIpc) is 2.76. The Bertz CT molecular complexity index is 465. The van der Waals surface area contributed by atoms with Crippen molar-refractivity contribution in [2.24, 2.45) is 0 Å². The van der Waals surface area contributed by atoms with E-state index in [4.69, 9.17) is 0 Å². The van der Waals surface area contributed by atoms with Gasteiger partial charge in [0.2, 0.25) is 0 Å². The van der Waals surface area contributed by atoms with Crippen LogP contribution in [0.2, 0.25) is 0 Å². The Morgan fingerprint density at radius 1 is 1.24 bits per heavy atom. The molecule has 1 heterocycles. The summed E-state index contributed by atoms with van der Waals surface area (Å²) in [5.74, 6) is 0. The van der Waals surface area contributed by atoms with Crippen LogP contribution in [0.3, 0.4) is 0 Å². The topological polar surface area (TPSA) is 36.4 Å². The fourth-order valence-corrected chi connectivity index (χ4v) is 4.00. The average molecular weight is 322 g/mol. The largest absolute Gasteiger partial charge is 0.443 e. The molecule has 1 aromatic rings. The standard InChI is InChI=1S/C14H21F3N2OS/c1-19(2)13(7-5-3-4-6-8-13)11(20)10-9-18-12(21-10)14(15,16)17/h9,11,20H,3-8H2,1-2H3. The zero-order valence-electron chi connectivity index (χ0n) is 12.3. The Morgan fingerprint density at radius 2 is 1.81 bits per heavy atom. The summed E-state index contributed by atoms with van der Waals surface area (Å²) in [7, 11) is 3.78. The number of halogens is 3. The Kier molecular flexibility index (Phi) is 4.95. The van der Waals surface area contributed by atoms with Crippen LogP contribution >= 0.6 is 11.3 Å². The monoisotopic (exact) mass is 322 g/mol. The van der Waals surface area contributed by atoms with Crippen LogP contribution in [0.15, 0.2) is 6.20 Å². The third-order valence-corrected chi connectivity index (χ3v) is 5.50. The second-order valence-corrected chi connectivity index (χ2v) is 6.94. The van der Waals surface area contributed by atoms with Crippen LogP contribution in [0.5, 0.6) is 0 Å². The number of aliphatic hydroxyl groups is 1. The van der Waals surface area contributed by atoms with Gasteiger partial charge < -0.3 is 10.0 Å². The summed E-state index contributed by atoms with van der Waals surface area (Å²) in [6.45, 7) is 0. The lowest BCUT2D eigenvalue weighted by molar-refractivity contribution is -0.137. The molecule has 1 fully saturated rings. The van der Waals surface area contributed by atoms with E-state index >= 15 is 0 Å². The molecular formula is C14H21F3N2OS. The van der Waals surface area contributed by atoms with Gasteiger partial charge in [0.25, 0.3) is 0 Å². The quantitative estimate of drug-likeness (QED) is 0.859. The molecule has 3 nitrogen and oxygen atoms in total. The first-order valence-electron chi connectivity index (χ1n) is 7.16. The minimum Gasteiger partial charge on any atom is -0.386 e. The third kappa shape index (κ3) is 3.40. The molecule has 0 saturated heterocycles. The van der Waals surface area contributed by atoms with Crippen molar-refractivity contribution in [1.29, 1.82) is 0 Å². The van der Waals surface area contributed by atoms with Crippen molar-refractivity contribution in [3.8, 4) is 0 Å². The van der Waals surface area contributed by atoms with Gasteiger partial charge in [-0.25, -0.2) is 4.98 Å². The summed E-state index contributed by atoms with van der Waals surface area (Å²) in [5.41, 5.74) is -0.494. The number of aliphatic hydroxyl groups excluding tert-OH is 1. The first kappa shape index (κ1) is 16.7. The smallest absolute Gasteiger partial charge is 0.386 e. The molecule has 2 rings (SSSR count). The Hall–Kier alpha value is -0.660. The number of aromatic nitrogens is 1. The minimum atomic E-state index is -4.45. The van der Waals surface area contributed by atoms with Gasteiger partial charge in [-0.1, -0.05) is 25.7 Å². The zero-order valence-corrected chi connectivity index (χ0v) is 13.1. The maximum atomic E-state index is 12.7. The fourth-order valence-electron chi connectivity index (χ4n) is 3.11. The van der Waals surface area contributed by atoms with E-state index in [9.17, 15) is 18.3 Å². The van der Waals surface area contributed by atoms with Crippen LogP contribution in [0.1, 0.15) is 54.5 Å². The molecule has 1 atom stereocenters. The van der Waals surface area contributed by atoms with Crippen molar-refractivity contribution in [2.75, 3.05) is 14.1 Å². The van der Waals surface area contributed by atoms with Gasteiger partial charge in [-0.2, -0.15) is 13.2 Å². The van der Waals surface area contributed by atoms with Crippen LogP contribution in [-0.4, -0.2) is 34.6 Å². The molecule has 0 aliphatic heterocycles. The highest BCUT2D eigenvalue weighted by Crippen LogP contribution is 2.44. The molecule has 21 heavy (non-hydrogen) atoms. The van der Waals surface area contributed by atoms with Gasteiger partial charge in [0, 0.05) is 6.20 Å². The van der Waals surface area contributed by atoms with Gasteiger partial charge in [0.15, 0.2) is 5.01 Å². The molecule has 7 heteroatoms. The second-order valence-electron chi connectivity index (χ2n) is 5.88. The van der Waals surface area contributed by atoms with E-state index in [1.54, 1.807) is 0 Å². The molecule has 1 unspecified atom stereocenters. The minimum absolute atomic E-state index is 0.304. The summed E-state index contributed by atoms with van der Waals surface area (Å²) < 4.78 is 38.0. The number of likely N-dealkylation sites (N-methyl/N-ethyl adjacent to an activating group) is 1. The maximum Gasteiger partial charge on any atom is 0.443 e. The number of hydrogen-bond donors (Lipinski definition) is 1. The lowest BCUT2D eigenvalue weighted by Gasteiger charge is -2.43. The molecule has 1 saturated carbocycles. The molecular weight excluding hydrogens is 301 g/mol. The van der Waals surface area contributed by atoms with Crippen LogP contribution < -0.4 is 0 Å². The first-order chi connectivity index (χ1) is 9.77. The summed E-state index contributed by atoms with van der Waals surface area (Å²) in [6, 6.07) is 0. The highest BCUT2D eigenvalue weighted by atomic mass is 32.1. The molecule has 1 aliphatic rings. The molecule has 0 aromatic carbocycles. The SMILES string of the molecule is CN(C)C1(C(O)c2cnc(C(F)(F)F)s2)CCCCCC1. The molecule has 1 aromatic heterocycles. The van der Waals surface area contributed by atoms with E-state index in [0.29, 0.717) is 16.2 Å². The second kappa shape index (κ2) is 6.22. The van der Waals surface area contributed by atoms with E-state index in [1.165, 1.54) is 6.20 Å². The van der Waals surface area contributed by atoms with Crippen molar-refractivity contribution < 1.29 is 18.3 Å². The number of alkyl halides is 3. The van der Waals surface area contributed by atoms with E-state index in [2.05, 4.69) is 4.98 Å². The van der Waals surface area contributed by atoms with Gasteiger partial charge in [-0.3, -0.25) is 0 Å². The van der Waals surface area contributed by atoms with Gasteiger partial charge in [0.05, 0.1) is 10.4 Å². The van der Waals surface area contributed by atoms with Gasteiger partial charge in [0.1, 0.15) is 6.10 Å². The lowest BCUT2D eigenvalue weighted by Crippen LogP contribution is -2.48. The third-order valence-electron chi connectivity index (χ3n) is 4.40. The molecule has 0 amide bonds.